The van der Waals surface area contributed by atoms with Crippen LogP contribution in [0.3, 0.4) is 0 Å². The van der Waals surface area contributed by atoms with Crippen molar-refractivity contribution in [2.75, 3.05) is 30.8 Å². The quantitative estimate of drug-likeness (QED) is 0.785. The molecule has 2 atom stereocenters. The fourth-order valence-electron chi connectivity index (χ4n) is 4.74. The summed E-state index contributed by atoms with van der Waals surface area (Å²) in [5.41, 5.74) is 1.15. The highest BCUT2D eigenvalue weighted by Crippen LogP contribution is 2.69. The molecule has 0 saturated carbocycles. The standard InChI is InChI=1S/C19H24N3OP/c23-24(20-12-3-4-13-20)21-14-6-9-17(21)15-22(24)19-11-5-8-16-7-1-2-10-18(16)19/h1-2,5,7-8,10-11,17H,3-4,6,9,12-15H2/t17-,24?/m0/s1. The first-order valence-electron chi connectivity index (χ1n) is 9.17. The number of nitrogens with zero attached hydrogens (tertiary/aromatic N) is 3. The summed E-state index contributed by atoms with van der Waals surface area (Å²) < 4.78 is 6.91. The molecular formula is C19H24N3OP. The van der Waals surface area contributed by atoms with Crippen molar-refractivity contribution in [3.63, 3.8) is 0 Å². The largest absolute Gasteiger partial charge is 0.631 e. The Hall–Kier alpha value is -1.19. The Morgan fingerprint density at radius 3 is 2.58 bits per heavy atom. The molecule has 2 aromatic rings. The lowest BCUT2D eigenvalue weighted by molar-refractivity contribution is -0.192. The lowest BCUT2D eigenvalue weighted by atomic mass is 10.1. The molecule has 5 heteroatoms. The number of hydrogen-bond acceptors (Lipinski definition) is 4. The van der Waals surface area contributed by atoms with Crippen molar-refractivity contribution in [3.05, 3.63) is 42.5 Å². The first-order chi connectivity index (χ1) is 11.8. The lowest BCUT2D eigenvalue weighted by Crippen LogP contribution is -2.44. The first-order valence-corrected chi connectivity index (χ1v) is 10.7. The fourth-order valence-corrected chi connectivity index (χ4v) is 8.33. The van der Waals surface area contributed by atoms with Crippen molar-refractivity contribution in [2.45, 2.75) is 31.7 Å². The van der Waals surface area contributed by atoms with Crippen molar-refractivity contribution in [1.29, 1.82) is 0 Å². The highest BCUT2D eigenvalue weighted by atomic mass is 31.2. The van der Waals surface area contributed by atoms with Gasteiger partial charge in [0, 0.05) is 25.0 Å². The Kier molecular flexibility index (Phi) is 3.57. The van der Waals surface area contributed by atoms with Gasteiger partial charge in [-0.15, -0.1) is 9.34 Å². The van der Waals surface area contributed by atoms with E-state index < -0.39 is 7.94 Å². The Bertz CT molecular complexity index is 758. The van der Waals surface area contributed by atoms with E-state index in [9.17, 15) is 4.89 Å². The summed E-state index contributed by atoms with van der Waals surface area (Å²) in [5, 5.41) is 2.45. The van der Waals surface area contributed by atoms with Gasteiger partial charge in [0.05, 0.1) is 18.3 Å². The fraction of sp³-hybridized carbons (Fsp3) is 0.474. The average Bonchev–Trinajstić information content (AvgIpc) is 3.33. The van der Waals surface area contributed by atoms with Crippen molar-refractivity contribution in [2.24, 2.45) is 0 Å². The highest BCUT2D eigenvalue weighted by molar-refractivity contribution is 7.66. The zero-order valence-electron chi connectivity index (χ0n) is 14.0. The van der Waals surface area contributed by atoms with Crippen LogP contribution in [0.1, 0.15) is 25.7 Å². The second kappa shape index (κ2) is 5.67. The molecule has 126 valence electrons. The monoisotopic (exact) mass is 341 g/mol. The van der Waals surface area contributed by atoms with E-state index in [0.29, 0.717) is 6.04 Å². The minimum atomic E-state index is -2.66. The number of anilines is 1. The predicted molar refractivity (Wildman–Crippen MR) is 98.7 cm³/mol. The molecule has 0 radical (unpaired) electrons. The van der Waals surface area contributed by atoms with E-state index >= 15 is 0 Å². The van der Waals surface area contributed by atoms with Gasteiger partial charge in [-0.1, -0.05) is 36.4 Å². The summed E-state index contributed by atoms with van der Waals surface area (Å²) in [5.74, 6) is 0. The highest BCUT2D eigenvalue weighted by Gasteiger charge is 2.59. The van der Waals surface area contributed by atoms with Gasteiger partial charge >= 0.3 is 0 Å². The molecule has 3 heterocycles. The lowest BCUT2D eigenvalue weighted by Gasteiger charge is -2.44. The van der Waals surface area contributed by atoms with Crippen molar-refractivity contribution in [1.82, 2.24) is 9.34 Å². The molecule has 3 aliphatic rings. The van der Waals surface area contributed by atoms with Gasteiger partial charge in [-0.3, -0.25) is 0 Å². The van der Waals surface area contributed by atoms with Gasteiger partial charge in [-0.2, -0.15) is 0 Å². The third-order valence-electron chi connectivity index (χ3n) is 5.87. The molecule has 0 spiro atoms. The van der Waals surface area contributed by atoms with E-state index in [1.54, 1.807) is 0 Å². The van der Waals surface area contributed by atoms with Crippen LogP contribution in [0.15, 0.2) is 42.5 Å². The average molecular weight is 341 g/mol. The zero-order chi connectivity index (χ0) is 16.1. The molecule has 5 rings (SSSR count). The summed E-state index contributed by atoms with van der Waals surface area (Å²) in [4.78, 5) is 14.4. The van der Waals surface area contributed by atoms with E-state index in [1.807, 2.05) is 0 Å². The Balaban J connectivity index is 1.65. The number of benzene rings is 2. The number of hydrogen-bond donors (Lipinski definition) is 0. The molecule has 1 unspecified atom stereocenters. The molecule has 0 aromatic heterocycles. The normalized spacial score (nSPS) is 31.2. The minimum absolute atomic E-state index is 0.454. The molecule has 2 aromatic carbocycles. The van der Waals surface area contributed by atoms with Crippen LogP contribution >= 0.6 is 7.94 Å². The van der Waals surface area contributed by atoms with Gasteiger partial charge in [0.1, 0.15) is 0 Å². The first kappa shape index (κ1) is 15.1. The summed E-state index contributed by atoms with van der Waals surface area (Å²) in [6.07, 6.45) is 4.71. The van der Waals surface area contributed by atoms with Gasteiger partial charge in [0.15, 0.2) is 0 Å². The van der Waals surface area contributed by atoms with E-state index in [1.165, 1.54) is 36.5 Å². The van der Waals surface area contributed by atoms with Crippen LogP contribution in [-0.2, 0) is 0 Å². The van der Waals surface area contributed by atoms with Crippen LogP contribution in [0.4, 0.5) is 5.69 Å². The third-order valence-corrected chi connectivity index (χ3v) is 9.22. The van der Waals surface area contributed by atoms with Gasteiger partial charge in [0.25, 0.3) is 0 Å². The van der Waals surface area contributed by atoms with Crippen molar-refractivity contribution < 1.29 is 4.89 Å². The van der Waals surface area contributed by atoms with Gasteiger partial charge in [0.2, 0.25) is 7.94 Å². The van der Waals surface area contributed by atoms with Crippen LogP contribution in [0.2, 0.25) is 0 Å². The maximum atomic E-state index is 14.4. The molecular weight excluding hydrogens is 317 g/mol. The van der Waals surface area contributed by atoms with Crippen LogP contribution in [0.5, 0.6) is 0 Å². The maximum Gasteiger partial charge on any atom is 0.209 e. The Morgan fingerprint density at radius 1 is 0.917 bits per heavy atom. The minimum Gasteiger partial charge on any atom is -0.631 e. The molecule has 0 aliphatic carbocycles. The van der Waals surface area contributed by atoms with E-state index in [2.05, 4.69) is 56.5 Å². The molecule has 0 N–H and O–H groups in total. The maximum absolute atomic E-state index is 14.4. The molecule has 0 amide bonds. The number of fused-ring (bicyclic) bond motifs is 2. The van der Waals surface area contributed by atoms with Crippen molar-refractivity contribution in [3.8, 4) is 0 Å². The third kappa shape index (κ3) is 2.07. The molecule has 3 aliphatic heterocycles. The van der Waals surface area contributed by atoms with Gasteiger partial charge < -0.3 is 4.89 Å². The summed E-state index contributed by atoms with van der Waals surface area (Å²) in [6.45, 7) is 3.84. The molecule has 24 heavy (non-hydrogen) atoms. The Morgan fingerprint density at radius 2 is 1.71 bits per heavy atom. The van der Waals surface area contributed by atoms with Gasteiger partial charge in [-0.25, -0.2) is 4.67 Å². The molecule has 0 bridgehead atoms. The zero-order valence-corrected chi connectivity index (χ0v) is 14.9. The molecule has 4 nitrogen and oxygen atoms in total. The van der Waals surface area contributed by atoms with Crippen LogP contribution < -0.4 is 9.56 Å². The molecule has 3 saturated heterocycles. The Labute approximate surface area is 144 Å². The number of rotatable bonds is 2. The van der Waals surface area contributed by atoms with Crippen LogP contribution in [0.25, 0.3) is 10.8 Å². The molecule has 3 fully saturated rings. The predicted octanol–water partition coefficient (Wildman–Crippen LogP) is 3.26. The second-order valence-electron chi connectivity index (χ2n) is 7.21. The topological polar surface area (TPSA) is 32.8 Å². The van der Waals surface area contributed by atoms with E-state index in [0.717, 1.165) is 31.9 Å². The van der Waals surface area contributed by atoms with Crippen LogP contribution in [-0.4, -0.2) is 41.6 Å². The van der Waals surface area contributed by atoms with Crippen LogP contribution in [0, 0.1) is 0 Å². The van der Waals surface area contributed by atoms with E-state index in [-0.39, 0.29) is 0 Å². The van der Waals surface area contributed by atoms with Gasteiger partial charge in [-0.05, 0) is 37.1 Å². The van der Waals surface area contributed by atoms with Crippen molar-refractivity contribution >= 4 is 24.4 Å². The van der Waals surface area contributed by atoms with E-state index in [4.69, 9.17) is 0 Å². The summed E-state index contributed by atoms with van der Waals surface area (Å²) in [7, 11) is -2.66. The summed E-state index contributed by atoms with van der Waals surface area (Å²) in [6, 6.07) is 15.4. The smallest absolute Gasteiger partial charge is 0.209 e. The summed E-state index contributed by atoms with van der Waals surface area (Å²) >= 11 is 0. The second-order valence-corrected chi connectivity index (χ2v) is 9.80. The SMILES string of the molecule is [O-][P+]1(N2CCCC2)N(c2cccc3ccccc23)C[C@@H]2CCCN21.